The second-order valence-corrected chi connectivity index (χ2v) is 7.60. The van der Waals surface area contributed by atoms with Gasteiger partial charge in [-0.25, -0.2) is 8.78 Å². The van der Waals surface area contributed by atoms with Gasteiger partial charge in [0.05, 0.1) is 15.6 Å². The average Bonchev–Trinajstić information content (AvgIpc) is 3.11. The Balaban J connectivity index is 1.56. The minimum Gasteiger partial charge on any atom is -0.382 e. The van der Waals surface area contributed by atoms with Crippen LogP contribution in [0.3, 0.4) is 0 Å². The molecule has 158 valence electrons. The number of halogens is 2. The van der Waals surface area contributed by atoms with Crippen molar-refractivity contribution in [3.05, 3.63) is 81.7 Å². The summed E-state index contributed by atoms with van der Waals surface area (Å²) < 4.78 is 26.9. The van der Waals surface area contributed by atoms with Crippen LogP contribution < -0.4 is 16.0 Å². The highest BCUT2D eigenvalue weighted by atomic mass is 32.1. The fourth-order valence-electron chi connectivity index (χ4n) is 2.82. The second-order valence-electron chi connectivity index (χ2n) is 6.54. The molecule has 0 aliphatic carbocycles. The first kappa shape index (κ1) is 21.9. The average molecular weight is 440 g/mol. The Labute approximate surface area is 181 Å². The van der Waals surface area contributed by atoms with E-state index in [1.165, 1.54) is 30.3 Å². The summed E-state index contributed by atoms with van der Waals surface area (Å²) in [6.07, 6.45) is 0. The minimum absolute atomic E-state index is 0.0818. The Kier molecular flexibility index (Phi) is 6.95. The van der Waals surface area contributed by atoms with Crippen molar-refractivity contribution in [3.63, 3.8) is 0 Å². The highest BCUT2D eigenvalue weighted by Gasteiger charge is 2.16. The number of thiophene rings is 1. The Hall–Kier alpha value is -3.77. The molecule has 0 atom stereocenters. The molecular formula is C22H18F2N4O2S. The van der Waals surface area contributed by atoms with E-state index in [1.807, 2.05) is 0 Å². The molecule has 31 heavy (non-hydrogen) atoms. The standard InChI is InChI=1S/C22H18F2N4O2S/c1-13-10-19(28-21(29)14-4-2-5-15(23)11-14)31-20(13)22(30)27-9-8-26-18-7-3-6-17(24)16(18)12-25/h2-7,10-11,26H,8-9H2,1H3,(H,27,30)(H,28,29). The molecule has 0 bridgehead atoms. The van der Waals surface area contributed by atoms with Crippen molar-refractivity contribution in [3.8, 4) is 6.07 Å². The number of nitrogens with zero attached hydrogens (tertiary/aromatic N) is 1. The lowest BCUT2D eigenvalue weighted by molar-refractivity contribution is 0.0957. The van der Waals surface area contributed by atoms with E-state index in [2.05, 4.69) is 16.0 Å². The van der Waals surface area contributed by atoms with E-state index in [0.717, 1.165) is 17.4 Å². The molecule has 3 rings (SSSR count). The van der Waals surface area contributed by atoms with Crippen LogP contribution in [0.4, 0.5) is 19.5 Å². The van der Waals surface area contributed by atoms with Crippen LogP contribution in [0.1, 0.15) is 31.2 Å². The molecular weight excluding hydrogens is 422 g/mol. The van der Waals surface area contributed by atoms with E-state index in [-0.39, 0.29) is 30.1 Å². The first-order valence-corrected chi connectivity index (χ1v) is 10.1. The predicted molar refractivity (Wildman–Crippen MR) is 115 cm³/mol. The summed E-state index contributed by atoms with van der Waals surface area (Å²) in [5.74, 6) is -1.92. The summed E-state index contributed by atoms with van der Waals surface area (Å²) in [7, 11) is 0. The lowest BCUT2D eigenvalue weighted by Crippen LogP contribution is -2.28. The number of hydrogen-bond acceptors (Lipinski definition) is 5. The first-order chi connectivity index (χ1) is 14.9. The summed E-state index contributed by atoms with van der Waals surface area (Å²) in [6.45, 7) is 2.27. The zero-order chi connectivity index (χ0) is 22.4. The maximum absolute atomic E-state index is 13.6. The van der Waals surface area contributed by atoms with Crippen LogP contribution in [0, 0.1) is 29.9 Å². The number of carbonyl (C=O) groups is 2. The maximum Gasteiger partial charge on any atom is 0.261 e. The topological polar surface area (TPSA) is 94.0 Å². The number of anilines is 2. The third-order valence-corrected chi connectivity index (χ3v) is 5.45. The molecule has 0 fully saturated rings. The number of carbonyl (C=O) groups excluding carboxylic acids is 2. The van der Waals surface area contributed by atoms with Crippen LogP contribution >= 0.6 is 11.3 Å². The van der Waals surface area contributed by atoms with Gasteiger partial charge in [-0.15, -0.1) is 11.3 Å². The van der Waals surface area contributed by atoms with Crippen LogP contribution in [-0.2, 0) is 0 Å². The minimum atomic E-state index is -0.612. The molecule has 0 aliphatic rings. The van der Waals surface area contributed by atoms with E-state index in [0.29, 0.717) is 21.1 Å². The Morgan fingerprint density at radius 3 is 2.58 bits per heavy atom. The molecule has 1 heterocycles. The van der Waals surface area contributed by atoms with Gasteiger partial charge in [0.1, 0.15) is 23.3 Å². The largest absolute Gasteiger partial charge is 0.382 e. The van der Waals surface area contributed by atoms with Crippen LogP contribution in [0.25, 0.3) is 0 Å². The fraction of sp³-hybridized carbons (Fsp3) is 0.136. The lowest BCUT2D eigenvalue weighted by Gasteiger charge is -2.09. The second kappa shape index (κ2) is 9.82. The Morgan fingerprint density at radius 2 is 1.84 bits per heavy atom. The number of benzene rings is 2. The van der Waals surface area contributed by atoms with Crippen LogP contribution in [0.5, 0.6) is 0 Å². The summed E-state index contributed by atoms with van der Waals surface area (Å²) in [5, 5.41) is 17.8. The van der Waals surface area contributed by atoms with E-state index in [9.17, 15) is 18.4 Å². The van der Waals surface area contributed by atoms with Gasteiger partial charge in [-0.2, -0.15) is 5.26 Å². The molecule has 3 aromatic rings. The van der Waals surface area contributed by atoms with Gasteiger partial charge in [0.25, 0.3) is 11.8 Å². The normalized spacial score (nSPS) is 10.3. The lowest BCUT2D eigenvalue weighted by atomic mass is 10.2. The van der Waals surface area contributed by atoms with Gasteiger partial charge in [-0.3, -0.25) is 9.59 Å². The molecule has 0 radical (unpaired) electrons. The smallest absolute Gasteiger partial charge is 0.261 e. The summed E-state index contributed by atoms with van der Waals surface area (Å²) >= 11 is 1.11. The SMILES string of the molecule is Cc1cc(NC(=O)c2cccc(F)c2)sc1C(=O)NCCNc1cccc(F)c1C#N. The van der Waals surface area contributed by atoms with Gasteiger partial charge in [0.2, 0.25) is 0 Å². The van der Waals surface area contributed by atoms with Crippen LogP contribution in [-0.4, -0.2) is 24.9 Å². The zero-order valence-corrected chi connectivity index (χ0v) is 17.3. The molecule has 6 nitrogen and oxygen atoms in total. The van der Waals surface area contributed by atoms with Gasteiger partial charge in [0.15, 0.2) is 0 Å². The third-order valence-electron chi connectivity index (χ3n) is 4.30. The van der Waals surface area contributed by atoms with Crippen molar-refractivity contribution >= 4 is 33.8 Å². The van der Waals surface area contributed by atoms with Crippen LogP contribution in [0.15, 0.2) is 48.5 Å². The number of hydrogen-bond donors (Lipinski definition) is 3. The van der Waals surface area contributed by atoms with Gasteiger partial charge in [-0.05, 0) is 48.9 Å². The Bertz CT molecular complexity index is 1170. The molecule has 0 spiro atoms. The summed E-state index contributed by atoms with van der Waals surface area (Å²) in [5.41, 5.74) is 1.13. The fourth-order valence-corrected chi connectivity index (χ4v) is 3.81. The van der Waals surface area contributed by atoms with E-state index >= 15 is 0 Å². The van der Waals surface area contributed by atoms with Crippen LogP contribution in [0.2, 0.25) is 0 Å². The molecule has 2 aromatic carbocycles. The number of aryl methyl sites for hydroxylation is 1. The number of nitrogens with one attached hydrogen (secondary N) is 3. The van der Waals surface area contributed by atoms with Gasteiger partial charge in [-0.1, -0.05) is 12.1 Å². The Morgan fingerprint density at radius 1 is 1.06 bits per heavy atom. The molecule has 1 aromatic heterocycles. The maximum atomic E-state index is 13.6. The molecule has 0 aliphatic heterocycles. The van der Waals surface area contributed by atoms with Crippen molar-refractivity contribution in [2.45, 2.75) is 6.92 Å². The quantitative estimate of drug-likeness (QED) is 0.478. The highest BCUT2D eigenvalue weighted by Crippen LogP contribution is 2.27. The zero-order valence-electron chi connectivity index (χ0n) is 16.5. The predicted octanol–water partition coefficient (Wildman–Crippen LogP) is 4.30. The highest BCUT2D eigenvalue weighted by molar-refractivity contribution is 7.18. The van der Waals surface area contributed by atoms with E-state index in [4.69, 9.17) is 5.26 Å². The number of rotatable bonds is 7. The van der Waals surface area contributed by atoms with E-state index in [1.54, 1.807) is 25.1 Å². The molecule has 0 saturated heterocycles. The van der Waals surface area contributed by atoms with Gasteiger partial charge in [0, 0.05) is 18.7 Å². The number of amides is 2. The van der Waals surface area contributed by atoms with Crippen molar-refractivity contribution in [2.24, 2.45) is 0 Å². The monoisotopic (exact) mass is 440 g/mol. The number of nitriles is 1. The summed E-state index contributed by atoms with van der Waals surface area (Å²) in [4.78, 5) is 25.1. The van der Waals surface area contributed by atoms with Crippen molar-refractivity contribution in [2.75, 3.05) is 23.7 Å². The molecule has 0 saturated carbocycles. The third kappa shape index (κ3) is 5.43. The van der Waals surface area contributed by atoms with Crippen molar-refractivity contribution in [1.82, 2.24) is 5.32 Å². The molecule has 9 heteroatoms. The molecule has 3 N–H and O–H groups in total. The van der Waals surface area contributed by atoms with Crippen molar-refractivity contribution < 1.29 is 18.4 Å². The molecule has 2 amide bonds. The van der Waals surface area contributed by atoms with E-state index < -0.39 is 17.5 Å². The van der Waals surface area contributed by atoms with Gasteiger partial charge < -0.3 is 16.0 Å². The van der Waals surface area contributed by atoms with Crippen molar-refractivity contribution in [1.29, 1.82) is 5.26 Å². The molecule has 0 unspecified atom stereocenters. The first-order valence-electron chi connectivity index (χ1n) is 9.27. The van der Waals surface area contributed by atoms with Gasteiger partial charge >= 0.3 is 0 Å². The summed E-state index contributed by atoms with van der Waals surface area (Å²) in [6, 6.07) is 13.1.